The molecule has 0 aliphatic rings. The number of thiophene rings is 1. The molecular formula is C16H21ClO5S. The van der Waals surface area contributed by atoms with Gasteiger partial charge < -0.3 is 9.47 Å². The molecule has 0 amide bonds. The van der Waals surface area contributed by atoms with Crippen LogP contribution in [-0.2, 0) is 19.1 Å². The van der Waals surface area contributed by atoms with E-state index in [4.69, 9.17) is 21.1 Å². The van der Waals surface area contributed by atoms with E-state index in [0.717, 1.165) is 11.3 Å². The smallest absolute Gasteiger partial charge is 0.305 e. The van der Waals surface area contributed by atoms with Gasteiger partial charge in [-0.25, -0.2) is 0 Å². The second-order valence-electron chi connectivity index (χ2n) is 4.97. The number of ether oxygens (including phenoxy) is 2. The Morgan fingerprint density at radius 1 is 1.26 bits per heavy atom. The summed E-state index contributed by atoms with van der Waals surface area (Å²) in [5, 5.41) is 0. The average Bonchev–Trinajstić information content (AvgIpc) is 2.93. The Labute approximate surface area is 144 Å². The Bertz CT molecular complexity index is 540. The first-order chi connectivity index (χ1) is 11.0. The SMILES string of the molecule is CCOC(=O)CCCCC(C(=O)COC)C(=O)c1ccc(Cl)s1. The van der Waals surface area contributed by atoms with Crippen molar-refractivity contribution in [3.63, 3.8) is 0 Å². The number of methoxy groups -OCH3 is 1. The van der Waals surface area contributed by atoms with Gasteiger partial charge in [0.1, 0.15) is 6.61 Å². The third-order valence-corrected chi connectivity index (χ3v) is 4.48. The van der Waals surface area contributed by atoms with Crippen molar-refractivity contribution in [2.24, 2.45) is 5.92 Å². The van der Waals surface area contributed by atoms with Crippen LogP contribution in [0.3, 0.4) is 0 Å². The zero-order valence-electron chi connectivity index (χ0n) is 13.3. The first-order valence-electron chi connectivity index (χ1n) is 7.46. The molecule has 1 heterocycles. The van der Waals surface area contributed by atoms with Gasteiger partial charge in [0.2, 0.25) is 0 Å². The van der Waals surface area contributed by atoms with Gasteiger partial charge in [-0.05, 0) is 31.9 Å². The summed E-state index contributed by atoms with van der Waals surface area (Å²) in [6, 6.07) is 3.26. The number of esters is 1. The summed E-state index contributed by atoms with van der Waals surface area (Å²) in [4.78, 5) is 36.4. The van der Waals surface area contributed by atoms with Gasteiger partial charge in [-0.3, -0.25) is 14.4 Å². The van der Waals surface area contributed by atoms with Crippen molar-refractivity contribution >= 4 is 40.5 Å². The van der Waals surface area contributed by atoms with Gasteiger partial charge in [-0.1, -0.05) is 18.0 Å². The molecule has 1 rings (SSSR count). The molecule has 0 fully saturated rings. The van der Waals surface area contributed by atoms with E-state index in [1.165, 1.54) is 7.11 Å². The number of hydrogen-bond donors (Lipinski definition) is 0. The molecule has 7 heteroatoms. The summed E-state index contributed by atoms with van der Waals surface area (Å²) in [6.45, 7) is 2.00. The molecule has 0 aliphatic carbocycles. The zero-order chi connectivity index (χ0) is 17.2. The lowest BCUT2D eigenvalue weighted by Crippen LogP contribution is -2.27. The lowest BCUT2D eigenvalue weighted by Gasteiger charge is -2.13. The van der Waals surface area contributed by atoms with Gasteiger partial charge in [0.15, 0.2) is 11.6 Å². The van der Waals surface area contributed by atoms with E-state index in [2.05, 4.69) is 0 Å². The number of rotatable bonds is 11. The fourth-order valence-electron chi connectivity index (χ4n) is 2.15. The third-order valence-electron chi connectivity index (χ3n) is 3.24. The summed E-state index contributed by atoms with van der Waals surface area (Å²) >= 11 is 7.01. The molecule has 0 radical (unpaired) electrons. The van der Waals surface area contributed by atoms with Crippen LogP contribution in [0.2, 0.25) is 4.34 Å². The van der Waals surface area contributed by atoms with Crippen molar-refractivity contribution in [2.45, 2.75) is 32.6 Å². The van der Waals surface area contributed by atoms with E-state index in [-0.39, 0.29) is 30.6 Å². The predicted molar refractivity (Wildman–Crippen MR) is 89.1 cm³/mol. The van der Waals surface area contributed by atoms with Crippen LogP contribution in [0, 0.1) is 5.92 Å². The van der Waals surface area contributed by atoms with Crippen LogP contribution < -0.4 is 0 Å². The fourth-order valence-corrected chi connectivity index (χ4v) is 3.19. The highest BCUT2D eigenvalue weighted by molar-refractivity contribution is 7.18. The summed E-state index contributed by atoms with van der Waals surface area (Å²) in [6.07, 6.45) is 1.84. The summed E-state index contributed by atoms with van der Waals surface area (Å²) in [5.41, 5.74) is 0. The predicted octanol–water partition coefficient (Wildman–Crippen LogP) is 3.54. The second kappa shape index (κ2) is 10.5. The molecule has 1 aromatic heterocycles. The average molecular weight is 361 g/mol. The quantitative estimate of drug-likeness (QED) is 0.261. The molecule has 23 heavy (non-hydrogen) atoms. The van der Waals surface area contributed by atoms with Crippen LogP contribution in [0.5, 0.6) is 0 Å². The molecule has 1 aromatic rings. The standard InChI is InChI=1S/C16H21ClO5S/c1-3-22-15(19)7-5-4-6-11(12(18)10-21-2)16(20)13-8-9-14(17)23-13/h8-9,11H,3-7,10H2,1-2H3. The highest BCUT2D eigenvalue weighted by Gasteiger charge is 2.28. The first kappa shape index (κ1) is 19.8. The third kappa shape index (κ3) is 6.81. The van der Waals surface area contributed by atoms with E-state index in [9.17, 15) is 14.4 Å². The minimum atomic E-state index is -0.758. The lowest BCUT2D eigenvalue weighted by atomic mass is 9.92. The van der Waals surface area contributed by atoms with Crippen LogP contribution in [0.25, 0.3) is 0 Å². The number of hydrogen-bond acceptors (Lipinski definition) is 6. The molecule has 0 spiro atoms. The first-order valence-corrected chi connectivity index (χ1v) is 8.65. The monoisotopic (exact) mass is 360 g/mol. The topological polar surface area (TPSA) is 69.7 Å². The van der Waals surface area contributed by atoms with Gasteiger partial charge in [0.25, 0.3) is 0 Å². The largest absolute Gasteiger partial charge is 0.466 e. The minimum absolute atomic E-state index is 0.104. The zero-order valence-corrected chi connectivity index (χ0v) is 14.9. The maximum Gasteiger partial charge on any atom is 0.305 e. The molecule has 0 N–H and O–H groups in total. The van der Waals surface area contributed by atoms with Crippen molar-refractivity contribution in [1.82, 2.24) is 0 Å². The van der Waals surface area contributed by atoms with Gasteiger partial charge in [0, 0.05) is 13.5 Å². The molecule has 0 aromatic carbocycles. The maximum atomic E-state index is 12.5. The van der Waals surface area contributed by atoms with Crippen molar-refractivity contribution in [3.05, 3.63) is 21.3 Å². The Morgan fingerprint density at radius 3 is 2.57 bits per heavy atom. The van der Waals surface area contributed by atoms with Gasteiger partial charge in [-0.2, -0.15) is 0 Å². The van der Waals surface area contributed by atoms with Crippen LogP contribution >= 0.6 is 22.9 Å². The van der Waals surface area contributed by atoms with Crippen LogP contribution in [0.15, 0.2) is 12.1 Å². The van der Waals surface area contributed by atoms with Crippen molar-refractivity contribution in [2.75, 3.05) is 20.3 Å². The number of carbonyl (C=O) groups excluding carboxylic acids is 3. The van der Waals surface area contributed by atoms with Crippen molar-refractivity contribution in [1.29, 1.82) is 0 Å². The molecular weight excluding hydrogens is 340 g/mol. The molecule has 0 saturated carbocycles. The summed E-state index contributed by atoms with van der Waals surface area (Å²) in [5.74, 6) is -1.51. The number of Topliss-reactive ketones (excluding diaryl/α,β-unsaturated/α-hetero) is 2. The number of halogens is 1. The molecule has 0 aliphatic heterocycles. The fraction of sp³-hybridized carbons (Fsp3) is 0.562. The molecule has 1 unspecified atom stereocenters. The summed E-state index contributed by atoms with van der Waals surface area (Å²) < 4.78 is 10.2. The Morgan fingerprint density at radius 2 is 2.00 bits per heavy atom. The summed E-state index contributed by atoms with van der Waals surface area (Å²) in [7, 11) is 1.42. The lowest BCUT2D eigenvalue weighted by molar-refractivity contribution is -0.143. The van der Waals surface area contributed by atoms with Gasteiger partial charge in [0.05, 0.1) is 21.7 Å². The Hall–Kier alpha value is -1.24. The van der Waals surface area contributed by atoms with Gasteiger partial charge in [-0.15, -0.1) is 11.3 Å². The molecule has 128 valence electrons. The van der Waals surface area contributed by atoms with Crippen LogP contribution in [-0.4, -0.2) is 37.9 Å². The Balaban J connectivity index is 2.61. The van der Waals surface area contributed by atoms with E-state index in [1.807, 2.05) is 0 Å². The molecule has 0 bridgehead atoms. The Kier molecular flexibility index (Phi) is 9.06. The van der Waals surface area contributed by atoms with Gasteiger partial charge >= 0.3 is 5.97 Å². The number of carbonyl (C=O) groups is 3. The second-order valence-corrected chi connectivity index (χ2v) is 6.69. The van der Waals surface area contributed by atoms with Crippen LogP contribution in [0.1, 0.15) is 42.3 Å². The normalized spacial score (nSPS) is 12.0. The van der Waals surface area contributed by atoms with E-state index < -0.39 is 5.92 Å². The van der Waals surface area contributed by atoms with Crippen molar-refractivity contribution < 1.29 is 23.9 Å². The highest BCUT2D eigenvalue weighted by atomic mass is 35.5. The highest BCUT2D eigenvalue weighted by Crippen LogP contribution is 2.26. The molecule has 5 nitrogen and oxygen atoms in total. The molecule has 1 atom stereocenters. The van der Waals surface area contributed by atoms with Crippen LogP contribution in [0.4, 0.5) is 0 Å². The van der Waals surface area contributed by atoms with Crippen molar-refractivity contribution in [3.8, 4) is 0 Å². The molecule has 0 saturated heterocycles. The number of unbranched alkanes of at least 4 members (excludes halogenated alkanes) is 1. The van der Waals surface area contributed by atoms with E-state index in [1.54, 1.807) is 19.1 Å². The van der Waals surface area contributed by atoms with E-state index in [0.29, 0.717) is 35.1 Å². The number of ketones is 2. The maximum absolute atomic E-state index is 12.5. The minimum Gasteiger partial charge on any atom is -0.466 e. The van der Waals surface area contributed by atoms with E-state index >= 15 is 0 Å².